The quantitative estimate of drug-likeness (QED) is 0.235. The summed E-state index contributed by atoms with van der Waals surface area (Å²) < 4.78 is 50.2. The third kappa shape index (κ3) is 6.87. The van der Waals surface area contributed by atoms with Gasteiger partial charge in [0.1, 0.15) is 17.6 Å². The molecule has 1 aliphatic heterocycles. The molecule has 1 saturated heterocycles. The van der Waals surface area contributed by atoms with Crippen molar-refractivity contribution in [2.75, 3.05) is 19.6 Å². The summed E-state index contributed by atoms with van der Waals surface area (Å²) in [4.78, 5) is 2.42. The fourth-order valence-electron chi connectivity index (χ4n) is 5.12. The monoisotopic (exact) mass is 557 g/mol. The molecule has 9 heteroatoms. The minimum atomic E-state index is -4.72. The smallest absolute Gasteiger partial charge is 0.489 e. The molecule has 5 rings (SSSR count). The lowest BCUT2D eigenvalue weighted by molar-refractivity contribution is -0.274. The van der Waals surface area contributed by atoms with E-state index in [0.29, 0.717) is 11.6 Å². The normalized spacial score (nSPS) is 15.1. The van der Waals surface area contributed by atoms with E-state index < -0.39 is 6.36 Å². The minimum absolute atomic E-state index is 0.135. The molecule has 3 aromatic carbocycles. The van der Waals surface area contributed by atoms with Gasteiger partial charge in [0, 0.05) is 48.8 Å². The van der Waals surface area contributed by atoms with E-state index in [9.17, 15) is 13.2 Å². The Kier molecular flexibility index (Phi) is 8.35. The standard InChI is InChI=1S/C30H31ClF3N3O2/c31-27-4-1-2-5-29(27)38-23-12-16-36(17-13-23)19-21-6-11-28-25(18-21)26(20-37(28)15-3-14-35)22-7-9-24(10-8-22)39-30(32,33)34/h1-2,4-11,18,20,23H,3,12-17,19,35H2. The Hall–Kier alpha value is -3.20. The van der Waals surface area contributed by atoms with Crippen molar-refractivity contribution in [2.24, 2.45) is 5.73 Å². The minimum Gasteiger partial charge on any atom is -0.489 e. The Labute approximate surface area is 230 Å². The van der Waals surface area contributed by atoms with Crippen LogP contribution in [0.15, 0.2) is 72.9 Å². The third-order valence-electron chi connectivity index (χ3n) is 7.02. The number of fused-ring (bicyclic) bond motifs is 1. The van der Waals surface area contributed by atoms with Gasteiger partial charge in [0.2, 0.25) is 0 Å². The molecule has 0 aliphatic carbocycles. The summed E-state index contributed by atoms with van der Waals surface area (Å²) >= 11 is 6.25. The number of nitrogens with zero attached hydrogens (tertiary/aromatic N) is 2. The van der Waals surface area contributed by atoms with Gasteiger partial charge in [-0.25, -0.2) is 0 Å². The van der Waals surface area contributed by atoms with Gasteiger partial charge < -0.3 is 19.8 Å². The Morgan fingerprint density at radius 2 is 1.72 bits per heavy atom. The number of benzene rings is 3. The second-order valence-corrected chi connectivity index (χ2v) is 10.2. The van der Waals surface area contributed by atoms with Crippen LogP contribution in [-0.2, 0) is 13.1 Å². The molecule has 0 spiro atoms. The number of ether oxygens (including phenoxy) is 2. The lowest BCUT2D eigenvalue weighted by atomic mass is 10.0. The van der Waals surface area contributed by atoms with Crippen molar-refractivity contribution in [2.45, 2.75) is 44.8 Å². The summed E-state index contributed by atoms with van der Waals surface area (Å²) in [5, 5.41) is 1.69. The van der Waals surface area contributed by atoms with E-state index >= 15 is 0 Å². The molecule has 1 aromatic heterocycles. The van der Waals surface area contributed by atoms with Gasteiger partial charge in [-0.3, -0.25) is 4.90 Å². The highest BCUT2D eigenvalue weighted by Crippen LogP contribution is 2.34. The van der Waals surface area contributed by atoms with Crippen molar-refractivity contribution in [1.82, 2.24) is 9.47 Å². The summed E-state index contributed by atoms with van der Waals surface area (Å²) in [6.07, 6.45) is 0.136. The first-order chi connectivity index (χ1) is 18.8. The first-order valence-electron chi connectivity index (χ1n) is 13.1. The van der Waals surface area contributed by atoms with Gasteiger partial charge in [0.15, 0.2) is 0 Å². The van der Waals surface area contributed by atoms with Crippen molar-refractivity contribution in [3.63, 3.8) is 0 Å². The molecule has 5 nitrogen and oxygen atoms in total. The number of aryl methyl sites for hydroxylation is 1. The number of piperidine rings is 1. The van der Waals surface area contributed by atoms with Crippen molar-refractivity contribution < 1.29 is 22.6 Å². The number of para-hydroxylation sites is 1. The van der Waals surface area contributed by atoms with Gasteiger partial charge in [-0.05, 0) is 73.3 Å². The number of likely N-dealkylation sites (tertiary alicyclic amines) is 1. The zero-order valence-electron chi connectivity index (χ0n) is 21.5. The number of aromatic nitrogens is 1. The number of hydrogen-bond donors (Lipinski definition) is 1. The van der Waals surface area contributed by atoms with Crippen LogP contribution >= 0.6 is 11.6 Å². The Balaban J connectivity index is 1.32. The predicted molar refractivity (Wildman–Crippen MR) is 148 cm³/mol. The van der Waals surface area contributed by atoms with Crippen LogP contribution in [0.3, 0.4) is 0 Å². The van der Waals surface area contributed by atoms with E-state index in [1.54, 1.807) is 12.1 Å². The van der Waals surface area contributed by atoms with E-state index in [1.165, 1.54) is 17.7 Å². The van der Waals surface area contributed by atoms with Crippen LogP contribution in [0, 0.1) is 0 Å². The van der Waals surface area contributed by atoms with E-state index in [1.807, 2.05) is 24.3 Å². The highest BCUT2D eigenvalue weighted by atomic mass is 35.5. The van der Waals surface area contributed by atoms with Crippen LogP contribution in [0.5, 0.6) is 11.5 Å². The molecule has 39 heavy (non-hydrogen) atoms. The first kappa shape index (κ1) is 27.4. The second-order valence-electron chi connectivity index (χ2n) is 9.83. The Morgan fingerprint density at radius 3 is 2.41 bits per heavy atom. The number of rotatable bonds is 9. The van der Waals surface area contributed by atoms with Crippen LogP contribution in [0.4, 0.5) is 13.2 Å². The third-order valence-corrected chi connectivity index (χ3v) is 7.33. The van der Waals surface area contributed by atoms with Gasteiger partial charge >= 0.3 is 6.36 Å². The van der Waals surface area contributed by atoms with Crippen molar-refractivity contribution in [3.05, 3.63) is 83.5 Å². The lowest BCUT2D eigenvalue weighted by Gasteiger charge is -2.32. The van der Waals surface area contributed by atoms with Crippen molar-refractivity contribution in [1.29, 1.82) is 0 Å². The van der Waals surface area contributed by atoms with Crippen molar-refractivity contribution in [3.8, 4) is 22.6 Å². The highest BCUT2D eigenvalue weighted by Gasteiger charge is 2.31. The zero-order valence-corrected chi connectivity index (χ0v) is 22.2. The van der Waals surface area contributed by atoms with Gasteiger partial charge in [-0.15, -0.1) is 13.2 Å². The zero-order chi connectivity index (χ0) is 27.4. The van der Waals surface area contributed by atoms with Gasteiger partial charge in [-0.2, -0.15) is 0 Å². The molecule has 4 aromatic rings. The fourth-order valence-corrected chi connectivity index (χ4v) is 5.30. The average molecular weight is 558 g/mol. The van der Waals surface area contributed by atoms with Crippen LogP contribution in [0.1, 0.15) is 24.8 Å². The molecule has 0 atom stereocenters. The summed E-state index contributed by atoms with van der Waals surface area (Å²) in [5.74, 6) is 0.494. The largest absolute Gasteiger partial charge is 0.573 e. The van der Waals surface area contributed by atoms with E-state index in [-0.39, 0.29) is 11.9 Å². The second kappa shape index (κ2) is 11.9. The molecule has 2 heterocycles. The SMILES string of the molecule is NCCCn1cc(-c2ccc(OC(F)(F)F)cc2)c2cc(CN3CCC(Oc4ccccc4Cl)CC3)ccc21. The molecule has 1 fully saturated rings. The predicted octanol–water partition coefficient (Wildman–Crippen LogP) is 7.25. The molecule has 1 aliphatic rings. The molecule has 0 radical (unpaired) electrons. The maximum Gasteiger partial charge on any atom is 0.573 e. The summed E-state index contributed by atoms with van der Waals surface area (Å²) in [5.41, 5.74) is 9.81. The number of alkyl halides is 3. The average Bonchev–Trinajstić information content (AvgIpc) is 3.27. The molecule has 206 valence electrons. The maximum absolute atomic E-state index is 12.6. The van der Waals surface area contributed by atoms with Gasteiger partial charge in [0.05, 0.1) is 5.02 Å². The summed E-state index contributed by atoms with van der Waals surface area (Å²) in [7, 11) is 0. The Morgan fingerprint density at radius 1 is 0.974 bits per heavy atom. The van der Waals surface area contributed by atoms with Crippen LogP contribution in [0.2, 0.25) is 5.02 Å². The van der Waals surface area contributed by atoms with E-state index in [0.717, 1.165) is 73.2 Å². The van der Waals surface area contributed by atoms with E-state index in [2.05, 4.69) is 38.6 Å². The molecular weight excluding hydrogens is 527 g/mol. The topological polar surface area (TPSA) is 52.7 Å². The van der Waals surface area contributed by atoms with Crippen molar-refractivity contribution >= 4 is 22.5 Å². The van der Waals surface area contributed by atoms with Crippen LogP contribution in [-0.4, -0.2) is 41.6 Å². The molecule has 0 unspecified atom stereocenters. The van der Waals surface area contributed by atoms with E-state index in [4.69, 9.17) is 22.1 Å². The van der Waals surface area contributed by atoms with Crippen LogP contribution < -0.4 is 15.2 Å². The van der Waals surface area contributed by atoms with Gasteiger partial charge in [0.25, 0.3) is 0 Å². The molecule has 2 N–H and O–H groups in total. The fraction of sp³-hybridized carbons (Fsp3) is 0.333. The molecular formula is C30H31ClF3N3O2. The number of nitrogens with two attached hydrogens (primary N) is 1. The summed E-state index contributed by atoms with van der Waals surface area (Å²) in [6.45, 7) is 3.98. The maximum atomic E-state index is 12.6. The summed E-state index contributed by atoms with van der Waals surface area (Å²) in [6, 6.07) is 20.1. The number of hydrogen-bond acceptors (Lipinski definition) is 4. The molecule has 0 saturated carbocycles. The molecule has 0 amide bonds. The molecule has 0 bridgehead atoms. The first-order valence-corrected chi connectivity index (χ1v) is 13.5. The number of halogens is 4. The Bertz CT molecular complexity index is 1400. The lowest BCUT2D eigenvalue weighted by Crippen LogP contribution is -2.37. The highest BCUT2D eigenvalue weighted by molar-refractivity contribution is 6.32. The van der Waals surface area contributed by atoms with Gasteiger partial charge in [-0.1, -0.05) is 41.9 Å². The van der Waals surface area contributed by atoms with Crippen LogP contribution in [0.25, 0.3) is 22.0 Å².